The minimum atomic E-state index is -0.832. The highest BCUT2D eigenvalue weighted by molar-refractivity contribution is 5.82. The number of aliphatic carboxylic acids is 1. The molecular formula is C16H23N3O3. The zero-order chi connectivity index (χ0) is 15.9. The first-order valence-corrected chi connectivity index (χ1v) is 7.62. The topological polar surface area (TPSA) is 81.7 Å². The highest BCUT2D eigenvalue weighted by Gasteiger charge is 2.30. The number of nitrogens with one attached hydrogen (secondary N) is 2. The summed E-state index contributed by atoms with van der Waals surface area (Å²) in [7, 11) is 0. The van der Waals surface area contributed by atoms with Gasteiger partial charge in [-0.2, -0.15) is 0 Å². The second kappa shape index (κ2) is 7.91. The van der Waals surface area contributed by atoms with E-state index in [4.69, 9.17) is 5.11 Å². The van der Waals surface area contributed by atoms with E-state index >= 15 is 0 Å². The van der Waals surface area contributed by atoms with Crippen molar-refractivity contribution >= 4 is 11.9 Å². The van der Waals surface area contributed by atoms with E-state index in [2.05, 4.69) is 10.9 Å². The van der Waals surface area contributed by atoms with Gasteiger partial charge in [0.2, 0.25) is 5.91 Å². The van der Waals surface area contributed by atoms with Gasteiger partial charge in [0.05, 0.1) is 0 Å². The van der Waals surface area contributed by atoms with Gasteiger partial charge in [0.25, 0.3) is 0 Å². The lowest BCUT2D eigenvalue weighted by molar-refractivity contribution is -0.138. The van der Waals surface area contributed by atoms with Crippen LogP contribution in [0.2, 0.25) is 0 Å². The molecule has 6 heteroatoms. The quantitative estimate of drug-likeness (QED) is 0.703. The van der Waals surface area contributed by atoms with E-state index in [1.54, 1.807) is 4.90 Å². The van der Waals surface area contributed by atoms with E-state index in [1.807, 2.05) is 37.3 Å². The summed E-state index contributed by atoms with van der Waals surface area (Å²) in [5.41, 5.74) is 7.11. The van der Waals surface area contributed by atoms with E-state index in [1.165, 1.54) is 0 Å². The van der Waals surface area contributed by atoms with Crippen LogP contribution in [0.15, 0.2) is 30.3 Å². The number of hydrazine groups is 1. The summed E-state index contributed by atoms with van der Waals surface area (Å²) in [6, 6.07) is 9.76. The van der Waals surface area contributed by atoms with Crippen LogP contribution >= 0.6 is 0 Å². The normalized spacial score (nSPS) is 20.8. The minimum absolute atomic E-state index is 0.0195. The van der Waals surface area contributed by atoms with Crippen LogP contribution in [0, 0.1) is 0 Å². The molecule has 1 aliphatic rings. The number of hydrogen-bond donors (Lipinski definition) is 3. The zero-order valence-electron chi connectivity index (χ0n) is 12.8. The SMILES string of the molecule is CC1CC(C(=O)N(CCCC(=O)O)Cc2ccccc2)NN1. The molecule has 120 valence electrons. The molecule has 1 saturated heterocycles. The average molecular weight is 305 g/mol. The van der Waals surface area contributed by atoms with Gasteiger partial charge in [-0.05, 0) is 25.3 Å². The summed E-state index contributed by atoms with van der Waals surface area (Å²) in [5, 5.41) is 8.78. The highest BCUT2D eigenvalue weighted by atomic mass is 16.4. The van der Waals surface area contributed by atoms with Crippen LogP contribution in [0.3, 0.4) is 0 Å². The number of carbonyl (C=O) groups excluding carboxylic acids is 1. The molecule has 0 saturated carbocycles. The third-order valence-electron chi connectivity index (χ3n) is 3.74. The molecule has 22 heavy (non-hydrogen) atoms. The number of carboxylic acid groups (broad SMARTS) is 1. The zero-order valence-corrected chi connectivity index (χ0v) is 12.8. The van der Waals surface area contributed by atoms with Gasteiger partial charge >= 0.3 is 5.97 Å². The average Bonchev–Trinajstić information content (AvgIpc) is 2.93. The van der Waals surface area contributed by atoms with Crippen molar-refractivity contribution in [1.29, 1.82) is 0 Å². The first kappa shape index (κ1) is 16.5. The van der Waals surface area contributed by atoms with Gasteiger partial charge in [-0.25, -0.2) is 5.43 Å². The van der Waals surface area contributed by atoms with Gasteiger partial charge < -0.3 is 10.0 Å². The summed E-state index contributed by atoms with van der Waals surface area (Å²) >= 11 is 0. The van der Waals surface area contributed by atoms with E-state index in [0.717, 1.165) is 12.0 Å². The number of nitrogens with zero attached hydrogens (tertiary/aromatic N) is 1. The molecule has 1 aliphatic heterocycles. The molecule has 2 unspecified atom stereocenters. The molecule has 1 aromatic rings. The molecule has 2 rings (SSSR count). The lowest BCUT2D eigenvalue weighted by atomic mass is 10.1. The van der Waals surface area contributed by atoms with Crippen molar-refractivity contribution in [3.63, 3.8) is 0 Å². The molecule has 0 bridgehead atoms. The van der Waals surface area contributed by atoms with Crippen molar-refractivity contribution in [2.24, 2.45) is 0 Å². The summed E-state index contributed by atoms with van der Waals surface area (Å²) < 4.78 is 0. The predicted molar refractivity (Wildman–Crippen MR) is 82.9 cm³/mol. The van der Waals surface area contributed by atoms with Crippen LogP contribution in [0.25, 0.3) is 0 Å². The molecule has 1 amide bonds. The summed E-state index contributed by atoms with van der Waals surface area (Å²) in [5.74, 6) is -0.813. The Morgan fingerprint density at radius 1 is 1.27 bits per heavy atom. The van der Waals surface area contributed by atoms with Gasteiger partial charge in [-0.1, -0.05) is 30.3 Å². The minimum Gasteiger partial charge on any atom is -0.481 e. The fourth-order valence-electron chi connectivity index (χ4n) is 2.59. The Morgan fingerprint density at radius 3 is 2.59 bits per heavy atom. The Balaban J connectivity index is 2.00. The van der Waals surface area contributed by atoms with Crippen molar-refractivity contribution in [3.05, 3.63) is 35.9 Å². The molecule has 1 heterocycles. The molecule has 2 atom stereocenters. The summed E-state index contributed by atoms with van der Waals surface area (Å²) in [6.45, 7) is 2.98. The van der Waals surface area contributed by atoms with E-state index < -0.39 is 5.97 Å². The lowest BCUT2D eigenvalue weighted by Gasteiger charge is -2.25. The number of amides is 1. The molecule has 0 aromatic heterocycles. The Hall–Kier alpha value is -1.92. The molecule has 1 aromatic carbocycles. The summed E-state index contributed by atoms with van der Waals surface area (Å²) in [6.07, 6.45) is 1.28. The Morgan fingerprint density at radius 2 is 2.00 bits per heavy atom. The van der Waals surface area contributed by atoms with Crippen LogP contribution in [-0.4, -0.2) is 40.5 Å². The largest absolute Gasteiger partial charge is 0.481 e. The van der Waals surface area contributed by atoms with Gasteiger partial charge in [0, 0.05) is 25.6 Å². The third-order valence-corrected chi connectivity index (χ3v) is 3.74. The van der Waals surface area contributed by atoms with Gasteiger partial charge in [-0.15, -0.1) is 0 Å². The fraction of sp³-hybridized carbons (Fsp3) is 0.500. The van der Waals surface area contributed by atoms with Gasteiger partial charge in [0.15, 0.2) is 0 Å². The van der Waals surface area contributed by atoms with E-state index in [9.17, 15) is 9.59 Å². The molecule has 6 nitrogen and oxygen atoms in total. The van der Waals surface area contributed by atoms with Crippen molar-refractivity contribution in [1.82, 2.24) is 15.8 Å². The van der Waals surface area contributed by atoms with Gasteiger partial charge in [-0.3, -0.25) is 15.0 Å². The molecule has 0 radical (unpaired) electrons. The van der Waals surface area contributed by atoms with Crippen molar-refractivity contribution < 1.29 is 14.7 Å². The molecule has 0 spiro atoms. The standard InChI is InChI=1S/C16H23N3O3/c1-12-10-14(18-17-12)16(22)19(9-5-8-15(20)21)11-13-6-3-2-4-7-13/h2-4,6-7,12,14,17-18H,5,8-11H2,1H3,(H,20,21). The Labute approximate surface area is 130 Å². The maximum Gasteiger partial charge on any atom is 0.303 e. The number of carbonyl (C=O) groups is 2. The fourth-order valence-corrected chi connectivity index (χ4v) is 2.59. The Kier molecular flexibility index (Phi) is 5.91. The highest BCUT2D eigenvalue weighted by Crippen LogP contribution is 2.12. The first-order chi connectivity index (χ1) is 10.6. The van der Waals surface area contributed by atoms with Crippen LogP contribution in [0.4, 0.5) is 0 Å². The summed E-state index contributed by atoms with van der Waals surface area (Å²) in [4.78, 5) is 25.1. The molecule has 3 N–H and O–H groups in total. The van der Waals surface area contributed by atoms with Crippen LogP contribution in [0.5, 0.6) is 0 Å². The van der Waals surface area contributed by atoms with Crippen LogP contribution in [0.1, 0.15) is 31.7 Å². The van der Waals surface area contributed by atoms with Crippen molar-refractivity contribution in [2.75, 3.05) is 6.54 Å². The van der Waals surface area contributed by atoms with Crippen molar-refractivity contribution in [2.45, 2.75) is 44.8 Å². The first-order valence-electron chi connectivity index (χ1n) is 7.62. The second-order valence-corrected chi connectivity index (χ2v) is 5.72. The monoisotopic (exact) mass is 305 g/mol. The second-order valence-electron chi connectivity index (χ2n) is 5.72. The molecule has 0 aliphatic carbocycles. The molecule has 1 fully saturated rings. The number of hydrogen-bond acceptors (Lipinski definition) is 4. The lowest BCUT2D eigenvalue weighted by Crippen LogP contribution is -2.45. The van der Waals surface area contributed by atoms with Crippen molar-refractivity contribution in [3.8, 4) is 0 Å². The maximum atomic E-state index is 12.6. The number of rotatable bonds is 7. The maximum absolute atomic E-state index is 12.6. The van der Waals surface area contributed by atoms with Crippen LogP contribution in [-0.2, 0) is 16.1 Å². The number of carboxylic acids is 1. The smallest absolute Gasteiger partial charge is 0.303 e. The van der Waals surface area contributed by atoms with E-state index in [-0.39, 0.29) is 24.4 Å². The van der Waals surface area contributed by atoms with E-state index in [0.29, 0.717) is 19.5 Å². The van der Waals surface area contributed by atoms with Gasteiger partial charge in [0.1, 0.15) is 6.04 Å². The molecular weight excluding hydrogens is 282 g/mol. The van der Waals surface area contributed by atoms with Crippen LogP contribution < -0.4 is 10.9 Å². The Bertz CT molecular complexity index is 507. The third kappa shape index (κ3) is 4.82. The predicted octanol–water partition coefficient (Wildman–Crippen LogP) is 1.13. The number of benzene rings is 1.